The molecule has 2 aromatic carbocycles. The van der Waals surface area contributed by atoms with Crippen LogP contribution in [0.3, 0.4) is 0 Å². The van der Waals surface area contributed by atoms with Crippen LogP contribution in [0.5, 0.6) is 5.75 Å². The van der Waals surface area contributed by atoms with Crippen molar-refractivity contribution in [1.82, 2.24) is 0 Å². The van der Waals surface area contributed by atoms with Gasteiger partial charge in [-0.1, -0.05) is 6.07 Å². The summed E-state index contributed by atoms with van der Waals surface area (Å²) in [5.74, 6) is -0.193. The van der Waals surface area contributed by atoms with Crippen molar-refractivity contribution in [2.45, 2.75) is 10.6 Å². The number of sulfone groups is 1. The largest absolute Gasteiger partial charge is 0.496 e. The van der Waals surface area contributed by atoms with Crippen molar-refractivity contribution in [2.75, 3.05) is 12.8 Å². The van der Waals surface area contributed by atoms with Gasteiger partial charge in [0.15, 0.2) is 9.84 Å². The number of nitrogens with two attached hydrogens (primary N) is 1. The summed E-state index contributed by atoms with van der Waals surface area (Å²) in [4.78, 5) is -0.0733. The Kier molecular flexibility index (Phi) is 4.53. The highest BCUT2D eigenvalue weighted by atomic mass is 79.9. The van der Waals surface area contributed by atoms with E-state index in [4.69, 9.17) is 10.5 Å². The fourth-order valence-electron chi connectivity index (χ4n) is 1.90. The number of methoxy groups -OCH3 is 1. The zero-order valence-corrected chi connectivity index (χ0v) is 13.5. The molecule has 0 aliphatic carbocycles. The fraction of sp³-hybridized carbons (Fsp3) is 0.143. The molecule has 0 amide bonds. The summed E-state index contributed by atoms with van der Waals surface area (Å²) in [7, 11) is -2.13. The number of ether oxygens (including phenoxy) is 1. The topological polar surface area (TPSA) is 69.4 Å². The molecule has 2 rings (SSSR count). The van der Waals surface area contributed by atoms with Gasteiger partial charge in [0, 0.05) is 0 Å². The van der Waals surface area contributed by atoms with Crippen LogP contribution < -0.4 is 10.5 Å². The molecular weight excluding hydrogens is 361 g/mol. The van der Waals surface area contributed by atoms with E-state index in [9.17, 15) is 12.8 Å². The summed E-state index contributed by atoms with van der Waals surface area (Å²) in [5, 5.41) is 0. The van der Waals surface area contributed by atoms with Gasteiger partial charge >= 0.3 is 0 Å². The standard InChI is InChI=1S/C14H13BrFNO3S/c1-20-13-4-2-9(6-11(13)15)8-21(18,19)14-5-3-10(16)7-12(14)17/h2-7H,8,17H2,1H3. The average molecular weight is 374 g/mol. The van der Waals surface area contributed by atoms with Crippen LogP contribution in [0.15, 0.2) is 45.8 Å². The van der Waals surface area contributed by atoms with Gasteiger partial charge in [-0.3, -0.25) is 0 Å². The Labute approximate surface area is 130 Å². The molecule has 0 aliphatic rings. The van der Waals surface area contributed by atoms with E-state index in [1.165, 1.54) is 13.2 Å². The minimum absolute atomic E-state index is 0.0733. The Morgan fingerprint density at radius 1 is 1.24 bits per heavy atom. The van der Waals surface area contributed by atoms with Crippen LogP contribution in [0.1, 0.15) is 5.56 Å². The van der Waals surface area contributed by atoms with E-state index < -0.39 is 15.7 Å². The molecule has 0 unspecified atom stereocenters. The molecule has 0 saturated heterocycles. The zero-order chi connectivity index (χ0) is 15.6. The predicted octanol–water partition coefficient (Wildman–Crippen LogP) is 3.15. The number of benzene rings is 2. The van der Waals surface area contributed by atoms with E-state index >= 15 is 0 Å². The Bertz CT molecular complexity index is 778. The first kappa shape index (κ1) is 15.8. The molecule has 0 saturated carbocycles. The molecule has 2 N–H and O–H groups in total. The smallest absolute Gasteiger partial charge is 0.184 e. The lowest BCUT2D eigenvalue weighted by molar-refractivity contribution is 0.412. The minimum Gasteiger partial charge on any atom is -0.496 e. The normalized spacial score (nSPS) is 11.4. The van der Waals surface area contributed by atoms with Crippen molar-refractivity contribution in [3.8, 4) is 5.75 Å². The van der Waals surface area contributed by atoms with Crippen molar-refractivity contribution < 1.29 is 17.5 Å². The minimum atomic E-state index is -3.65. The van der Waals surface area contributed by atoms with Crippen LogP contribution >= 0.6 is 15.9 Å². The fourth-order valence-corrected chi connectivity index (χ4v) is 3.95. The van der Waals surface area contributed by atoms with Crippen LogP contribution in [0.2, 0.25) is 0 Å². The van der Waals surface area contributed by atoms with E-state index in [0.717, 1.165) is 12.1 Å². The van der Waals surface area contributed by atoms with E-state index in [1.54, 1.807) is 18.2 Å². The summed E-state index contributed by atoms with van der Waals surface area (Å²) < 4.78 is 43.5. The zero-order valence-electron chi connectivity index (χ0n) is 11.1. The van der Waals surface area contributed by atoms with Gasteiger partial charge in [0.25, 0.3) is 0 Å². The van der Waals surface area contributed by atoms with Gasteiger partial charge in [-0.2, -0.15) is 0 Å². The van der Waals surface area contributed by atoms with Crippen molar-refractivity contribution in [2.24, 2.45) is 0 Å². The first-order chi connectivity index (χ1) is 9.83. The number of anilines is 1. The van der Waals surface area contributed by atoms with Gasteiger partial charge in [0.1, 0.15) is 11.6 Å². The lowest BCUT2D eigenvalue weighted by Gasteiger charge is -2.09. The quantitative estimate of drug-likeness (QED) is 0.660. The van der Waals surface area contributed by atoms with Gasteiger partial charge in [-0.05, 0) is 51.8 Å². The van der Waals surface area contributed by atoms with E-state index in [1.807, 2.05) is 0 Å². The second-order valence-electron chi connectivity index (χ2n) is 4.41. The lowest BCUT2D eigenvalue weighted by atomic mass is 10.2. The summed E-state index contributed by atoms with van der Waals surface area (Å²) >= 11 is 3.30. The molecule has 0 fully saturated rings. The highest BCUT2D eigenvalue weighted by molar-refractivity contribution is 9.10. The third kappa shape index (κ3) is 3.54. The molecule has 112 valence electrons. The third-order valence-corrected chi connectivity index (χ3v) is 5.25. The van der Waals surface area contributed by atoms with Crippen LogP contribution in [0, 0.1) is 5.82 Å². The molecule has 21 heavy (non-hydrogen) atoms. The highest BCUT2D eigenvalue weighted by Gasteiger charge is 2.19. The lowest BCUT2D eigenvalue weighted by Crippen LogP contribution is -2.08. The summed E-state index contributed by atoms with van der Waals surface area (Å²) in [6.45, 7) is 0. The van der Waals surface area contributed by atoms with Gasteiger partial charge in [0.05, 0.1) is 27.9 Å². The van der Waals surface area contributed by atoms with Gasteiger partial charge in [-0.15, -0.1) is 0 Å². The predicted molar refractivity (Wildman–Crippen MR) is 82.4 cm³/mol. The van der Waals surface area contributed by atoms with Gasteiger partial charge < -0.3 is 10.5 Å². The molecule has 4 nitrogen and oxygen atoms in total. The second kappa shape index (κ2) is 6.03. The highest BCUT2D eigenvalue weighted by Crippen LogP contribution is 2.28. The van der Waals surface area contributed by atoms with Crippen molar-refractivity contribution in [3.63, 3.8) is 0 Å². The van der Waals surface area contributed by atoms with Crippen LogP contribution in [-0.2, 0) is 15.6 Å². The third-order valence-electron chi connectivity index (χ3n) is 2.88. The monoisotopic (exact) mass is 373 g/mol. The second-order valence-corrected chi connectivity index (χ2v) is 7.22. The number of rotatable bonds is 4. The van der Waals surface area contributed by atoms with Crippen LogP contribution in [0.25, 0.3) is 0 Å². The molecule has 0 aliphatic heterocycles. The molecule has 0 bridgehead atoms. The van der Waals surface area contributed by atoms with E-state index in [0.29, 0.717) is 15.8 Å². The summed E-state index contributed by atoms with van der Waals surface area (Å²) in [6.07, 6.45) is 0. The molecular formula is C14H13BrFNO3S. The van der Waals surface area contributed by atoms with Gasteiger partial charge in [-0.25, -0.2) is 12.8 Å². The Morgan fingerprint density at radius 2 is 1.95 bits per heavy atom. The summed E-state index contributed by atoms with van der Waals surface area (Å²) in [6, 6.07) is 8.24. The molecule has 2 aromatic rings. The maximum atomic E-state index is 13.0. The van der Waals surface area contributed by atoms with Crippen LogP contribution in [0.4, 0.5) is 10.1 Å². The van der Waals surface area contributed by atoms with Crippen molar-refractivity contribution >= 4 is 31.5 Å². The molecule has 7 heteroatoms. The maximum absolute atomic E-state index is 13.0. The average Bonchev–Trinajstić information content (AvgIpc) is 2.37. The van der Waals surface area contributed by atoms with Gasteiger partial charge in [0.2, 0.25) is 0 Å². The Hall–Kier alpha value is -1.60. The molecule has 0 heterocycles. The Balaban J connectivity index is 2.35. The summed E-state index contributed by atoms with van der Waals surface area (Å²) in [5.41, 5.74) is 6.07. The Morgan fingerprint density at radius 3 is 2.52 bits per heavy atom. The number of hydrogen-bond acceptors (Lipinski definition) is 4. The number of nitrogen functional groups attached to an aromatic ring is 1. The molecule has 0 radical (unpaired) electrons. The van der Waals surface area contributed by atoms with E-state index in [2.05, 4.69) is 15.9 Å². The first-order valence-corrected chi connectivity index (χ1v) is 8.38. The maximum Gasteiger partial charge on any atom is 0.184 e. The van der Waals surface area contributed by atoms with E-state index in [-0.39, 0.29) is 16.3 Å². The number of halogens is 2. The molecule has 0 spiro atoms. The SMILES string of the molecule is COc1ccc(CS(=O)(=O)c2ccc(F)cc2N)cc1Br. The molecule has 0 atom stereocenters. The van der Waals surface area contributed by atoms with Crippen LogP contribution in [-0.4, -0.2) is 15.5 Å². The molecule has 0 aromatic heterocycles. The first-order valence-electron chi connectivity index (χ1n) is 5.93. The number of hydrogen-bond donors (Lipinski definition) is 1. The van der Waals surface area contributed by atoms with Crippen molar-refractivity contribution in [1.29, 1.82) is 0 Å². The van der Waals surface area contributed by atoms with Crippen molar-refractivity contribution in [3.05, 3.63) is 52.3 Å².